The molecule has 2 N–H and O–H groups in total. The van der Waals surface area contributed by atoms with Crippen LogP contribution in [0.1, 0.15) is 39.0 Å². The highest BCUT2D eigenvalue weighted by atomic mass is 16.5. The third kappa shape index (κ3) is 3.42. The van der Waals surface area contributed by atoms with Crippen LogP contribution in [0.4, 0.5) is 4.79 Å². The summed E-state index contributed by atoms with van der Waals surface area (Å²) >= 11 is 0. The van der Waals surface area contributed by atoms with E-state index >= 15 is 0 Å². The third-order valence-electron chi connectivity index (χ3n) is 4.35. The Morgan fingerprint density at radius 2 is 2.10 bits per heavy atom. The molecule has 0 aromatic carbocycles. The van der Waals surface area contributed by atoms with Crippen molar-refractivity contribution in [2.75, 3.05) is 26.2 Å². The molecule has 0 aromatic heterocycles. The standard InChI is InChI=1S/C14H24N2O4/c1-2-20-14(6-3-4-7-14)10-15-13(19)16-8-5-11(9-16)12(17)18/h11H,2-10H2,1H3,(H,15,19)(H,17,18). The second kappa shape index (κ2) is 6.43. The predicted molar refractivity (Wildman–Crippen MR) is 73.5 cm³/mol. The molecular formula is C14H24N2O4. The number of carboxylic acid groups (broad SMARTS) is 1. The highest BCUT2D eigenvalue weighted by Gasteiger charge is 2.36. The number of carbonyl (C=O) groups is 2. The van der Waals surface area contributed by atoms with E-state index in [9.17, 15) is 9.59 Å². The van der Waals surface area contributed by atoms with Gasteiger partial charge in [0.25, 0.3) is 0 Å². The SMILES string of the molecule is CCOC1(CNC(=O)N2CCC(C(=O)O)C2)CCCC1. The van der Waals surface area contributed by atoms with Crippen molar-refractivity contribution in [3.8, 4) is 0 Å². The van der Waals surface area contributed by atoms with Crippen LogP contribution in [0.3, 0.4) is 0 Å². The van der Waals surface area contributed by atoms with Crippen LogP contribution in [0.15, 0.2) is 0 Å². The van der Waals surface area contributed by atoms with Gasteiger partial charge in [-0.25, -0.2) is 4.79 Å². The highest BCUT2D eigenvalue weighted by molar-refractivity contribution is 5.77. The largest absolute Gasteiger partial charge is 0.481 e. The molecule has 0 bridgehead atoms. The summed E-state index contributed by atoms with van der Waals surface area (Å²) in [5.74, 6) is -1.24. The number of nitrogens with zero attached hydrogens (tertiary/aromatic N) is 1. The zero-order valence-electron chi connectivity index (χ0n) is 12.1. The van der Waals surface area contributed by atoms with Gasteiger partial charge in [-0.3, -0.25) is 4.79 Å². The van der Waals surface area contributed by atoms with Crippen LogP contribution in [0.25, 0.3) is 0 Å². The lowest BCUT2D eigenvalue weighted by Crippen LogP contribution is -2.47. The van der Waals surface area contributed by atoms with Crippen LogP contribution in [-0.4, -0.2) is 53.8 Å². The van der Waals surface area contributed by atoms with Gasteiger partial charge >= 0.3 is 12.0 Å². The Kier molecular flexibility index (Phi) is 4.86. The van der Waals surface area contributed by atoms with Gasteiger partial charge in [0, 0.05) is 26.2 Å². The number of carbonyl (C=O) groups excluding carboxylic acids is 1. The fourth-order valence-corrected chi connectivity index (χ4v) is 3.19. The van der Waals surface area contributed by atoms with Crippen LogP contribution in [0.2, 0.25) is 0 Å². The number of amides is 2. The zero-order valence-corrected chi connectivity index (χ0v) is 12.1. The smallest absolute Gasteiger partial charge is 0.317 e. The van der Waals surface area contributed by atoms with E-state index in [-0.39, 0.29) is 11.6 Å². The summed E-state index contributed by atoms with van der Waals surface area (Å²) in [6, 6.07) is -0.167. The summed E-state index contributed by atoms with van der Waals surface area (Å²) in [6.07, 6.45) is 4.79. The fourth-order valence-electron chi connectivity index (χ4n) is 3.19. The number of rotatable bonds is 5. The average Bonchev–Trinajstić information content (AvgIpc) is 3.06. The van der Waals surface area contributed by atoms with Crippen LogP contribution >= 0.6 is 0 Å². The van der Waals surface area contributed by atoms with E-state index in [1.165, 1.54) is 0 Å². The normalized spacial score (nSPS) is 24.9. The Hall–Kier alpha value is -1.30. The van der Waals surface area contributed by atoms with Crippen LogP contribution in [0.5, 0.6) is 0 Å². The zero-order chi connectivity index (χ0) is 14.6. The average molecular weight is 284 g/mol. The van der Waals surface area contributed by atoms with Gasteiger partial charge in [0.05, 0.1) is 11.5 Å². The summed E-state index contributed by atoms with van der Waals surface area (Å²) in [4.78, 5) is 24.6. The van der Waals surface area contributed by atoms with Gasteiger partial charge in [0.2, 0.25) is 0 Å². The monoisotopic (exact) mass is 284 g/mol. The fraction of sp³-hybridized carbons (Fsp3) is 0.857. The molecule has 6 nitrogen and oxygen atoms in total. The van der Waals surface area contributed by atoms with Gasteiger partial charge in [-0.15, -0.1) is 0 Å². The lowest BCUT2D eigenvalue weighted by molar-refractivity contribution is -0.141. The summed E-state index contributed by atoms with van der Waals surface area (Å²) in [7, 11) is 0. The van der Waals surface area contributed by atoms with Crippen molar-refractivity contribution in [3.63, 3.8) is 0 Å². The number of hydrogen-bond acceptors (Lipinski definition) is 3. The second-order valence-corrected chi connectivity index (χ2v) is 5.75. The number of nitrogens with one attached hydrogen (secondary N) is 1. The van der Waals surface area contributed by atoms with Gasteiger partial charge in [0.1, 0.15) is 0 Å². The molecule has 6 heteroatoms. The number of likely N-dealkylation sites (tertiary alicyclic amines) is 1. The number of hydrogen-bond donors (Lipinski definition) is 2. The molecule has 1 saturated heterocycles. The van der Waals surface area contributed by atoms with Crippen molar-refractivity contribution < 1.29 is 19.4 Å². The molecule has 1 saturated carbocycles. The molecule has 2 rings (SSSR count). The Morgan fingerprint density at radius 3 is 2.65 bits per heavy atom. The highest BCUT2D eigenvalue weighted by Crippen LogP contribution is 2.32. The molecule has 2 aliphatic rings. The van der Waals surface area contributed by atoms with E-state index in [0.717, 1.165) is 25.7 Å². The molecule has 2 fully saturated rings. The first-order valence-electron chi connectivity index (χ1n) is 7.46. The summed E-state index contributed by atoms with van der Waals surface area (Å²) in [6.45, 7) is 3.97. The van der Waals surface area contributed by atoms with Crippen molar-refractivity contribution in [1.82, 2.24) is 10.2 Å². The van der Waals surface area contributed by atoms with Crippen molar-refractivity contribution in [3.05, 3.63) is 0 Å². The maximum absolute atomic E-state index is 12.1. The topological polar surface area (TPSA) is 78.9 Å². The molecular weight excluding hydrogens is 260 g/mol. The number of aliphatic carboxylic acids is 1. The van der Waals surface area contributed by atoms with E-state index in [1.807, 2.05) is 6.92 Å². The van der Waals surface area contributed by atoms with Crippen LogP contribution in [0, 0.1) is 5.92 Å². The van der Waals surface area contributed by atoms with E-state index in [2.05, 4.69) is 5.32 Å². The van der Waals surface area contributed by atoms with Crippen molar-refractivity contribution in [1.29, 1.82) is 0 Å². The van der Waals surface area contributed by atoms with Crippen molar-refractivity contribution >= 4 is 12.0 Å². The van der Waals surface area contributed by atoms with Gasteiger partial charge in [-0.1, -0.05) is 12.8 Å². The molecule has 2 amide bonds. The summed E-state index contributed by atoms with van der Waals surface area (Å²) < 4.78 is 5.84. The molecule has 0 spiro atoms. The second-order valence-electron chi connectivity index (χ2n) is 5.75. The maximum Gasteiger partial charge on any atom is 0.317 e. The Bertz CT molecular complexity index is 366. The first-order valence-corrected chi connectivity index (χ1v) is 7.46. The molecule has 1 heterocycles. The first kappa shape index (κ1) is 15.1. The molecule has 1 unspecified atom stereocenters. The van der Waals surface area contributed by atoms with Crippen molar-refractivity contribution in [2.45, 2.75) is 44.6 Å². The van der Waals surface area contributed by atoms with E-state index < -0.39 is 11.9 Å². The molecule has 114 valence electrons. The van der Waals surface area contributed by atoms with E-state index in [1.54, 1.807) is 4.90 Å². The minimum atomic E-state index is -0.818. The number of urea groups is 1. The van der Waals surface area contributed by atoms with Gasteiger partial charge < -0.3 is 20.1 Å². The Labute approximate surface area is 119 Å². The lowest BCUT2D eigenvalue weighted by atomic mass is 10.0. The molecule has 0 aromatic rings. The minimum absolute atomic E-state index is 0.167. The van der Waals surface area contributed by atoms with E-state index in [4.69, 9.17) is 9.84 Å². The van der Waals surface area contributed by atoms with Gasteiger partial charge in [-0.2, -0.15) is 0 Å². The first-order chi connectivity index (χ1) is 9.56. The number of carboxylic acids is 1. The molecule has 20 heavy (non-hydrogen) atoms. The molecule has 1 aliphatic heterocycles. The van der Waals surface area contributed by atoms with Gasteiger partial charge in [0.15, 0.2) is 0 Å². The molecule has 0 radical (unpaired) electrons. The van der Waals surface area contributed by atoms with Crippen LogP contribution in [-0.2, 0) is 9.53 Å². The van der Waals surface area contributed by atoms with Crippen molar-refractivity contribution in [2.24, 2.45) is 5.92 Å². The molecule has 1 atom stereocenters. The Balaban J connectivity index is 1.81. The predicted octanol–water partition coefficient (Wildman–Crippen LogP) is 1.45. The minimum Gasteiger partial charge on any atom is -0.481 e. The summed E-state index contributed by atoms with van der Waals surface area (Å²) in [5.41, 5.74) is -0.212. The lowest BCUT2D eigenvalue weighted by Gasteiger charge is -2.30. The van der Waals surface area contributed by atoms with Crippen LogP contribution < -0.4 is 5.32 Å². The summed E-state index contributed by atoms with van der Waals surface area (Å²) in [5, 5.41) is 11.9. The third-order valence-corrected chi connectivity index (χ3v) is 4.35. The number of ether oxygens (including phenoxy) is 1. The van der Waals surface area contributed by atoms with Gasteiger partial charge in [-0.05, 0) is 26.2 Å². The quantitative estimate of drug-likeness (QED) is 0.801. The maximum atomic E-state index is 12.1. The van der Waals surface area contributed by atoms with E-state index in [0.29, 0.717) is 32.7 Å². The molecule has 1 aliphatic carbocycles. The Morgan fingerprint density at radius 1 is 1.40 bits per heavy atom.